The number of carbonyl (C=O) groups is 1. The lowest BCUT2D eigenvalue weighted by Crippen LogP contribution is -2.33. The fourth-order valence-corrected chi connectivity index (χ4v) is 3.91. The molecule has 0 radical (unpaired) electrons. The SMILES string of the molecule is CC(C)Oc1ccc(-c2cc3c(cc2F)[C@H](OC(N)=O)C(C)(C)CC3)cc1Cl. The van der Waals surface area contributed by atoms with Crippen LogP contribution in [0.4, 0.5) is 9.18 Å². The smallest absolute Gasteiger partial charge is 0.405 e. The van der Waals surface area contributed by atoms with Crippen LogP contribution in [-0.4, -0.2) is 12.2 Å². The largest absolute Gasteiger partial charge is 0.489 e. The van der Waals surface area contributed by atoms with Crippen molar-refractivity contribution in [2.45, 2.75) is 52.7 Å². The van der Waals surface area contributed by atoms with Crippen LogP contribution in [0.2, 0.25) is 5.02 Å². The molecule has 0 bridgehead atoms. The predicted molar refractivity (Wildman–Crippen MR) is 108 cm³/mol. The fourth-order valence-electron chi connectivity index (χ4n) is 3.68. The number of carbonyl (C=O) groups excluding carboxylic acids is 1. The van der Waals surface area contributed by atoms with Crippen LogP contribution in [0.15, 0.2) is 30.3 Å². The standard InChI is InChI=1S/C22H25ClFNO3/c1-12(2)27-19-6-5-13(10-17(19)23)15-9-14-7-8-22(3,4)20(28-21(25)26)16(14)11-18(15)24/h5-6,9-12,20H,7-8H2,1-4H3,(H2,25,26)/t20-/m0/s1. The van der Waals surface area contributed by atoms with Crippen molar-refractivity contribution in [1.82, 2.24) is 0 Å². The van der Waals surface area contributed by atoms with Crippen molar-refractivity contribution in [1.29, 1.82) is 0 Å². The first kappa shape index (κ1) is 20.5. The van der Waals surface area contributed by atoms with Crippen LogP contribution >= 0.6 is 11.6 Å². The molecule has 1 aliphatic carbocycles. The van der Waals surface area contributed by atoms with Gasteiger partial charge >= 0.3 is 6.09 Å². The van der Waals surface area contributed by atoms with Crippen molar-refractivity contribution in [2.75, 3.05) is 0 Å². The van der Waals surface area contributed by atoms with Crippen LogP contribution < -0.4 is 10.5 Å². The second kappa shape index (κ2) is 7.63. The number of halogens is 2. The second-order valence-corrected chi connectivity index (χ2v) is 8.56. The van der Waals surface area contributed by atoms with Gasteiger partial charge in [-0.05, 0) is 67.6 Å². The Morgan fingerprint density at radius 3 is 2.61 bits per heavy atom. The molecule has 1 aliphatic rings. The minimum Gasteiger partial charge on any atom is -0.489 e. The third-order valence-corrected chi connectivity index (χ3v) is 5.39. The third kappa shape index (κ3) is 4.09. The lowest BCUT2D eigenvalue weighted by atomic mass is 9.71. The van der Waals surface area contributed by atoms with Gasteiger partial charge in [-0.1, -0.05) is 31.5 Å². The van der Waals surface area contributed by atoms with Gasteiger partial charge in [-0.3, -0.25) is 0 Å². The van der Waals surface area contributed by atoms with Crippen molar-refractivity contribution < 1.29 is 18.7 Å². The van der Waals surface area contributed by atoms with E-state index < -0.39 is 18.0 Å². The highest BCUT2D eigenvalue weighted by molar-refractivity contribution is 6.32. The average Bonchev–Trinajstić information content (AvgIpc) is 2.59. The Bertz CT molecular complexity index is 911. The Balaban J connectivity index is 2.02. The normalized spacial score (nSPS) is 17.9. The van der Waals surface area contributed by atoms with Crippen molar-refractivity contribution in [2.24, 2.45) is 11.1 Å². The topological polar surface area (TPSA) is 61.6 Å². The summed E-state index contributed by atoms with van der Waals surface area (Å²) in [5.74, 6) is 0.165. The number of amides is 1. The third-order valence-electron chi connectivity index (χ3n) is 5.10. The molecule has 4 nitrogen and oxygen atoms in total. The summed E-state index contributed by atoms with van der Waals surface area (Å²) in [5.41, 5.74) is 7.65. The molecule has 0 aliphatic heterocycles. The number of hydrogen-bond donors (Lipinski definition) is 1. The predicted octanol–water partition coefficient (Wildman–Crippen LogP) is 6.04. The van der Waals surface area contributed by atoms with Crippen LogP contribution in [0.3, 0.4) is 0 Å². The van der Waals surface area contributed by atoms with Crippen molar-refractivity contribution >= 4 is 17.7 Å². The van der Waals surface area contributed by atoms with Gasteiger partial charge in [0.1, 0.15) is 17.7 Å². The summed E-state index contributed by atoms with van der Waals surface area (Å²) in [7, 11) is 0. The molecule has 1 atom stereocenters. The van der Waals surface area contributed by atoms with Gasteiger partial charge in [0, 0.05) is 11.0 Å². The first-order chi connectivity index (χ1) is 13.1. The molecule has 2 aromatic carbocycles. The van der Waals surface area contributed by atoms with Crippen LogP contribution in [0.1, 0.15) is 51.3 Å². The highest BCUT2D eigenvalue weighted by Gasteiger charge is 2.39. The Morgan fingerprint density at radius 2 is 2.00 bits per heavy atom. The molecule has 0 heterocycles. The number of ether oxygens (including phenoxy) is 2. The molecule has 1 amide bonds. The second-order valence-electron chi connectivity index (χ2n) is 8.15. The van der Waals surface area contributed by atoms with Gasteiger partial charge in [0.2, 0.25) is 0 Å². The molecule has 0 aromatic heterocycles. The van der Waals surface area contributed by atoms with Crippen LogP contribution in [0.5, 0.6) is 5.75 Å². The Kier molecular flexibility index (Phi) is 5.57. The maximum atomic E-state index is 15.0. The van der Waals surface area contributed by atoms with Gasteiger partial charge in [0.15, 0.2) is 0 Å². The number of benzene rings is 2. The number of hydrogen-bond acceptors (Lipinski definition) is 3. The van der Waals surface area contributed by atoms with Gasteiger partial charge in [0.05, 0.1) is 11.1 Å². The molecule has 0 fully saturated rings. The summed E-state index contributed by atoms with van der Waals surface area (Å²) in [6.07, 6.45) is 0.113. The van der Waals surface area contributed by atoms with E-state index in [4.69, 9.17) is 26.8 Å². The highest BCUT2D eigenvalue weighted by atomic mass is 35.5. The number of aryl methyl sites for hydroxylation is 1. The molecule has 0 spiro atoms. The van der Waals surface area contributed by atoms with Crippen molar-refractivity contribution in [3.63, 3.8) is 0 Å². The molecule has 2 N–H and O–H groups in total. The van der Waals surface area contributed by atoms with Gasteiger partial charge in [-0.2, -0.15) is 0 Å². The number of primary amides is 1. The van der Waals surface area contributed by atoms with Crippen molar-refractivity contribution in [3.8, 4) is 16.9 Å². The van der Waals surface area contributed by atoms with E-state index in [1.54, 1.807) is 18.2 Å². The first-order valence-electron chi connectivity index (χ1n) is 9.33. The lowest BCUT2D eigenvalue weighted by Gasteiger charge is -2.39. The fraction of sp³-hybridized carbons (Fsp3) is 0.409. The minimum atomic E-state index is -0.858. The minimum absolute atomic E-state index is 0.00521. The molecule has 6 heteroatoms. The summed E-state index contributed by atoms with van der Waals surface area (Å²) in [6, 6.07) is 8.50. The van der Waals surface area contributed by atoms with E-state index in [-0.39, 0.29) is 11.5 Å². The van der Waals surface area contributed by atoms with E-state index in [0.29, 0.717) is 27.5 Å². The Labute approximate surface area is 169 Å². The molecular formula is C22H25ClFNO3. The molecule has 28 heavy (non-hydrogen) atoms. The maximum absolute atomic E-state index is 15.0. The van der Waals surface area contributed by atoms with E-state index >= 15 is 4.39 Å². The summed E-state index contributed by atoms with van der Waals surface area (Å²) in [4.78, 5) is 11.4. The van der Waals surface area contributed by atoms with E-state index in [1.807, 2.05) is 33.8 Å². The molecule has 3 rings (SSSR count). The Hall–Kier alpha value is -2.27. The van der Waals surface area contributed by atoms with E-state index in [2.05, 4.69) is 0 Å². The molecule has 0 saturated carbocycles. The van der Waals surface area contributed by atoms with Crippen LogP contribution in [0, 0.1) is 11.2 Å². The van der Waals surface area contributed by atoms with Gasteiger partial charge in [0.25, 0.3) is 0 Å². The summed E-state index contributed by atoms with van der Waals surface area (Å²) < 4.78 is 26.0. The summed E-state index contributed by atoms with van der Waals surface area (Å²) in [6.45, 7) is 7.81. The van der Waals surface area contributed by atoms with Crippen LogP contribution in [0.25, 0.3) is 11.1 Å². The highest BCUT2D eigenvalue weighted by Crippen LogP contribution is 2.47. The maximum Gasteiger partial charge on any atom is 0.405 e. The van der Waals surface area contributed by atoms with Gasteiger partial charge in [-0.25, -0.2) is 9.18 Å². The molecule has 0 saturated heterocycles. The monoisotopic (exact) mass is 405 g/mol. The lowest BCUT2D eigenvalue weighted by molar-refractivity contribution is 0.0145. The molecule has 0 unspecified atom stereocenters. The zero-order valence-corrected chi connectivity index (χ0v) is 17.3. The van der Waals surface area contributed by atoms with Gasteiger partial charge < -0.3 is 15.2 Å². The number of rotatable bonds is 4. The zero-order chi connectivity index (χ0) is 20.6. The van der Waals surface area contributed by atoms with Gasteiger partial charge in [-0.15, -0.1) is 0 Å². The van der Waals surface area contributed by atoms with Crippen LogP contribution in [-0.2, 0) is 11.2 Å². The van der Waals surface area contributed by atoms with Crippen molar-refractivity contribution in [3.05, 3.63) is 52.3 Å². The van der Waals surface area contributed by atoms with E-state index in [9.17, 15) is 4.79 Å². The summed E-state index contributed by atoms with van der Waals surface area (Å²) >= 11 is 6.32. The zero-order valence-electron chi connectivity index (χ0n) is 16.5. The molecule has 150 valence electrons. The molecule has 2 aromatic rings. The Morgan fingerprint density at radius 1 is 1.29 bits per heavy atom. The molecular weight excluding hydrogens is 381 g/mol. The number of nitrogens with two attached hydrogens (primary N) is 1. The quantitative estimate of drug-likeness (QED) is 0.674. The van der Waals surface area contributed by atoms with E-state index in [0.717, 1.165) is 18.4 Å². The number of fused-ring (bicyclic) bond motifs is 1. The average molecular weight is 406 g/mol. The summed E-state index contributed by atoms with van der Waals surface area (Å²) in [5, 5.41) is 0.430. The first-order valence-corrected chi connectivity index (χ1v) is 9.71. The van der Waals surface area contributed by atoms with E-state index in [1.165, 1.54) is 6.07 Å².